The molecule has 0 aliphatic heterocycles. The Morgan fingerprint density at radius 2 is 2.14 bits per heavy atom. The predicted molar refractivity (Wildman–Crippen MR) is 62.4 cm³/mol. The highest BCUT2D eigenvalue weighted by atomic mass is 79.9. The topological polar surface area (TPSA) is 23.5 Å². The molecule has 0 aromatic heterocycles. The van der Waals surface area contributed by atoms with E-state index in [4.69, 9.17) is 0 Å². The van der Waals surface area contributed by atoms with Crippen molar-refractivity contribution in [2.45, 2.75) is 19.9 Å². The molecule has 0 saturated carbocycles. The summed E-state index contributed by atoms with van der Waals surface area (Å²) in [5.74, 6) is 0.327. The second-order valence-electron chi connectivity index (χ2n) is 3.51. The number of nitrogens with zero attached hydrogens (tertiary/aromatic N) is 1. The molecule has 0 unspecified atom stereocenters. The van der Waals surface area contributed by atoms with Crippen molar-refractivity contribution in [1.29, 1.82) is 0 Å². The van der Waals surface area contributed by atoms with Crippen molar-refractivity contribution < 1.29 is 5.11 Å². The molecule has 1 aromatic rings. The van der Waals surface area contributed by atoms with Gasteiger partial charge in [0.2, 0.25) is 0 Å². The number of phenols is 1. The Morgan fingerprint density at radius 1 is 1.43 bits per heavy atom. The molecule has 0 spiro atoms. The third kappa shape index (κ3) is 3.31. The Morgan fingerprint density at radius 3 is 2.79 bits per heavy atom. The number of rotatable bonds is 4. The van der Waals surface area contributed by atoms with E-state index in [0.29, 0.717) is 5.75 Å². The van der Waals surface area contributed by atoms with Crippen LogP contribution < -0.4 is 0 Å². The minimum absolute atomic E-state index is 0.327. The highest BCUT2D eigenvalue weighted by molar-refractivity contribution is 9.10. The lowest BCUT2D eigenvalue weighted by Gasteiger charge is -2.16. The lowest BCUT2D eigenvalue weighted by atomic mass is 10.2. The van der Waals surface area contributed by atoms with Gasteiger partial charge in [0.1, 0.15) is 5.75 Å². The van der Waals surface area contributed by atoms with E-state index >= 15 is 0 Å². The van der Waals surface area contributed by atoms with Gasteiger partial charge in [0.25, 0.3) is 0 Å². The Labute approximate surface area is 93.7 Å². The van der Waals surface area contributed by atoms with Crippen LogP contribution in [0, 0.1) is 0 Å². The van der Waals surface area contributed by atoms with Crippen molar-refractivity contribution in [3.05, 3.63) is 28.2 Å². The molecule has 3 heteroatoms. The van der Waals surface area contributed by atoms with Crippen LogP contribution in [-0.4, -0.2) is 23.6 Å². The third-order valence-corrected chi connectivity index (χ3v) is 2.85. The minimum atomic E-state index is 0.327. The summed E-state index contributed by atoms with van der Waals surface area (Å²) in [7, 11) is 2.08. The summed E-state index contributed by atoms with van der Waals surface area (Å²) in [5.41, 5.74) is 1.13. The molecule has 14 heavy (non-hydrogen) atoms. The summed E-state index contributed by atoms with van der Waals surface area (Å²) >= 11 is 3.47. The van der Waals surface area contributed by atoms with Gasteiger partial charge in [-0.3, -0.25) is 0 Å². The quantitative estimate of drug-likeness (QED) is 0.897. The molecule has 0 fully saturated rings. The first-order valence-electron chi connectivity index (χ1n) is 4.79. The van der Waals surface area contributed by atoms with Crippen molar-refractivity contribution in [2.24, 2.45) is 0 Å². The van der Waals surface area contributed by atoms with E-state index in [9.17, 15) is 5.11 Å². The summed E-state index contributed by atoms with van der Waals surface area (Å²) in [6.07, 6.45) is 1.15. The zero-order valence-corrected chi connectivity index (χ0v) is 10.2. The van der Waals surface area contributed by atoms with Gasteiger partial charge in [-0.25, -0.2) is 0 Å². The first-order chi connectivity index (χ1) is 6.63. The summed E-state index contributed by atoms with van der Waals surface area (Å²) in [6, 6.07) is 5.37. The molecule has 2 nitrogen and oxygen atoms in total. The number of phenolic OH excluding ortho intramolecular Hbond substituents is 1. The fourth-order valence-corrected chi connectivity index (χ4v) is 1.81. The Balaban J connectivity index is 2.70. The molecule has 1 rings (SSSR count). The molecule has 0 aliphatic carbocycles. The molecule has 0 atom stereocenters. The third-order valence-electron chi connectivity index (χ3n) is 2.07. The molecule has 0 amide bonds. The Bertz CT molecular complexity index is 301. The maximum Gasteiger partial charge on any atom is 0.115 e. The number of aromatic hydroxyl groups is 1. The molecule has 0 bridgehead atoms. The van der Waals surface area contributed by atoms with E-state index in [2.05, 4.69) is 34.8 Å². The van der Waals surface area contributed by atoms with Crippen LogP contribution in [0.15, 0.2) is 22.7 Å². The van der Waals surface area contributed by atoms with Crippen molar-refractivity contribution >= 4 is 15.9 Å². The zero-order valence-electron chi connectivity index (χ0n) is 8.63. The number of benzene rings is 1. The first-order valence-corrected chi connectivity index (χ1v) is 5.58. The van der Waals surface area contributed by atoms with Crippen molar-refractivity contribution in [3.8, 4) is 5.75 Å². The summed E-state index contributed by atoms with van der Waals surface area (Å²) in [6.45, 7) is 4.10. The number of hydrogen-bond acceptors (Lipinski definition) is 2. The van der Waals surface area contributed by atoms with E-state index in [0.717, 1.165) is 29.5 Å². The largest absolute Gasteiger partial charge is 0.508 e. The van der Waals surface area contributed by atoms with Gasteiger partial charge in [0, 0.05) is 11.0 Å². The van der Waals surface area contributed by atoms with Crippen LogP contribution in [0.2, 0.25) is 0 Å². The van der Waals surface area contributed by atoms with Gasteiger partial charge in [-0.05, 0) is 43.8 Å². The number of hydrogen-bond donors (Lipinski definition) is 1. The van der Waals surface area contributed by atoms with E-state index < -0.39 is 0 Å². The van der Waals surface area contributed by atoms with Gasteiger partial charge in [0.05, 0.1) is 0 Å². The minimum Gasteiger partial charge on any atom is -0.508 e. The molecule has 0 radical (unpaired) electrons. The highest BCUT2D eigenvalue weighted by Crippen LogP contribution is 2.22. The maximum atomic E-state index is 9.34. The van der Waals surface area contributed by atoms with Crippen molar-refractivity contribution in [2.75, 3.05) is 13.6 Å². The second-order valence-corrected chi connectivity index (χ2v) is 4.37. The molecular weight excluding hydrogens is 242 g/mol. The van der Waals surface area contributed by atoms with E-state index in [1.165, 1.54) is 0 Å². The molecular formula is C11H16BrNO. The van der Waals surface area contributed by atoms with Crippen molar-refractivity contribution in [1.82, 2.24) is 4.90 Å². The van der Waals surface area contributed by atoms with Gasteiger partial charge in [-0.2, -0.15) is 0 Å². The smallest absolute Gasteiger partial charge is 0.115 e. The molecule has 78 valence electrons. The average molecular weight is 258 g/mol. The monoisotopic (exact) mass is 257 g/mol. The van der Waals surface area contributed by atoms with E-state index in [-0.39, 0.29) is 0 Å². The average Bonchev–Trinajstić information content (AvgIpc) is 2.12. The van der Waals surface area contributed by atoms with E-state index in [1.54, 1.807) is 12.1 Å². The van der Waals surface area contributed by atoms with E-state index in [1.807, 2.05) is 6.07 Å². The van der Waals surface area contributed by atoms with Gasteiger partial charge in [-0.15, -0.1) is 0 Å². The van der Waals surface area contributed by atoms with Gasteiger partial charge < -0.3 is 10.0 Å². The second kappa shape index (κ2) is 5.37. The Kier molecular flexibility index (Phi) is 4.42. The predicted octanol–water partition coefficient (Wildman–Crippen LogP) is 3.00. The fourth-order valence-electron chi connectivity index (χ4n) is 1.43. The summed E-state index contributed by atoms with van der Waals surface area (Å²) in [5, 5.41) is 9.34. The van der Waals surface area contributed by atoms with Crippen LogP contribution >= 0.6 is 15.9 Å². The molecule has 0 heterocycles. The molecule has 1 aromatic carbocycles. The molecule has 0 saturated heterocycles. The van der Waals surface area contributed by atoms with Gasteiger partial charge >= 0.3 is 0 Å². The standard InChI is InChI=1S/C11H16BrNO/c1-3-6-13(2)8-9-7-10(14)4-5-11(9)12/h4-5,7,14H,3,6,8H2,1-2H3. The van der Waals surface area contributed by atoms with Gasteiger partial charge in [0.15, 0.2) is 0 Å². The molecule has 1 N–H and O–H groups in total. The van der Waals surface area contributed by atoms with Crippen LogP contribution in [0.4, 0.5) is 0 Å². The van der Waals surface area contributed by atoms with Crippen LogP contribution in [0.3, 0.4) is 0 Å². The first kappa shape index (κ1) is 11.5. The van der Waals surface area contributed by atoms with Crippen LogP contribution in [0.25, 0.3) is 0 Å². The van der Waals surface area contributed by atoms with Crippen molar-refractivity contribution in [3.63, 3.8) is 0 Å². The van der Waals surface area contributed by atoms with Crippen LogP contribution in [-0.2, 0) is 6.54 Å². The lowest BCUT2D eigenvalue weighted by Crippen LogP contribution is -2.18. The maximum absolute atomic E-state index is 9.34. The van der Waals surface area contributed by atoms with Crippen LogP contribution in [0.1, 0.15) is 18.9 Å². The summed E-state index contributed by atoms with van der Waals surface area (Å²) in [4.78, 5) is 2.24. The van der Waals surface area contributed by atoms with Crippen LogP contribution in [0.5, 0.6) is 5.75 Å². The highest BCUT2D eigenvalue weighted by Gasteiger charge is 2.04. The zero-order chi connectivity index (χ0) is 10.6. The number of halogens is 1. The lowest BCUT2D eigenvalue weighted by molar-refractivity contribution is 0.326. The SMILES string of the molecule is CCCN(C)Cc1cc(O)ccc1Br. The van der Waals surface area contributed by atoms with Gasteiger partial charge in [-0.1, -0.05) is 22.9 Å². The Hall–Kier alpha value is -0.540. The summed E-state index contributed by atoms with van der Waals surface area (Å²) < 4.78 is 1.05. The normalized spacial score (nSPS) is 10.9. The molecule has 0 aliphatic rings. The fraction of sp³-hybridized carbons (Fsp3) is 0.455.